The number of ether oxygens (including phenoxy) is 1. The molecule has 1 fully saturated rings. The van der Waals surface area contributed by atoms with Crippen LogP contribution in [0.25, 0.3) is 0 Å². The molecule has 0 bridgehead atoms. The molecule has 1 atom stereocenters. The van der Waals surface area contributed by atoms with E-state index in [4.69, 9.17) is 39.5 Å². The Bertz CT molecular complexity index is 421. The summed E-state index contributed by atoms with van der Waals surface area (Å²) in [6.07, 6.45) is 2.60. The number of nitrogens with one attached hydrogen (secondary N) is 1. The van der Waals surface area contributed by atoms with Gasteiger partial charge in [-0.2, -0.15) is 0 Å². The quantitative estimate of drug-likeness (QED) is 0.786. The van der Waals surface area contributed by atoms with E-state index in [1.54, 1.807) is 12.1 Å². The van der Waals surface area contributed by atoms with Crippen LogP contribution >= 0.6 is 34.8 Å². The number of hydrogen-bond donors (Lipinski definition) is 1. The summed E-state index contributed by atoms with van der Waals surface area (Å²) in [7, 11) is 0. The van der Waals surface area contributed by atoms with Crippen LogP contribution in [0.2, 0.25) is 15.1 Å². The number of halogens is 3. The summed E-state index contributed by atoms with van der Waals surface area (Å²) in [6.45, 7) is 3.71. The van der Waals surface area contributed by atoms with Gasteiger partial charge in [-0.25, -0.2) is 0 Å². The topological polar surface area (TPSA) is 21.3 Å². The number of rotatable bonds is 6. The molecule has 5 heteroatoms. The van der Waals surface area contributed by atoms with Crippen LogP contribution in [0.3, 0.4) is 0 Å². The van der Waals surface area contributed by atoms with Gasteiger partial charge >= 0.3 is 0 Å². The van der Waals surface area contributed by atoms with Crippen molar-refractivity contribution in [2.75, 3.05) is 13.2 Å². The molecule has 0 amide bonds. The largest absolute Gasteiger partial charge is 0.492 e. The predicted octanol–water partition coefficient (Wildman–Crippen LogP) is 4.41. The first-order valence-corrected chi connectivity index (χ1v) is 7.20. The van der Waals surface area contributed by atoms with Crippen LogP contribution in [0.15, 0.2) is 12.1 Å². The molecule has 1 aromatic rings. The maximum Gasteiger partial charge on any atom is 0.139 e. The lowest BCUT2D eigenvalue weighted by atomic mass is 10.2. The first-order chi connectivity index (χ1) is 8.56. The van der Waals surface area contributed by atoms with Gasteiger partial charge in [0.25, 0.3) is 0 Å². The first kappa shape index (κ1) is 14.3. The molecule has 100 valence electrons. The zero-order valence-corrected chi connectivity index (χ0v) is 12.4. The van der Waals surface area contributed by atoms with Crippen LogP contribution < -0.4 is 10.1 Å². The molecule has 1 aromatic carbocycles. The van der Waals surface area contributed by atoms with Crippen molar-refractivity contribution in [3.8, 4) is 5.75 Å². The molecule has 1 aliphatic carbocycles. The minimum atomic E-state index is 0.427. The molecule has 18 heavy (non-hydrogen) atoms. The summed E-state index contributed by atoms with van der Waals surface area (Å²) in [4.78, 5) is 0. The Kier molecular flexibility index (Phi) is 5.02. The zero-order valence-electron chi connectivity index (χ0n) is 10.2. The summed E-state index contributed by atoms with van der Waals surface area (Å²) in [6, 6.07) is 3.99. The van der Waals surface area contributed by atoms with Gasteiger partial charge in [0, 0.05) is 24.6 Å². The third-order valence-corrected chi connectivity index (χ3v) is 3.85. The Hall–Kier alpha value is -0.150. The molecule has 0 saturated heterocycles. The Morgan fingerprint density at radius 3 is 2.56 bits per heavy atom. The van der Waals surface area contributed by atoms with E-state index < -0.39 is 0 Å². The molecule has 1 N–H and O–H groups in total. The van der Waals surface area contributed by atoms with Gasteiger partial charge < -0.3 is 10.1 Å². The van der Waals surface area contributed by atoms with Crippen LogP contribution in [0, 0.1) is 5.92 Å². The van der Waals surface area contributed by atoms with Crippen LogP contribution in [0.1, 0.15) is 19.8 Å². The van der Waals surface area contributed by atoms with Gasteiger partial charge in [0.05, 0.1) is 21.7 Å². The van der Waals surface area contributed by atoms with Gasteiger partial charge in [0.1, 0.15) is 5.75 Å². The summed E-state index contributed by atoms with van der Waals surface area (Å²) >= 11 is 17.8. The number of hydrogen-bond acceptors (Lipinski definition) is 2. The van der Waals surface area contributed by atoms with Gasteiger partial charge in [0.15, 0.2) is 0 Å². The summed E-state index contributed by atoms with van der Waals surface area (Å²) in [5, 5.41) is 4.86. The van der Waals surface area contributed by atoms with Gasteiger partial charge in [0.2, 0.25) is 0 Å². The Balaban J connectivity index is 1.82. The minimum Gasteiger partial charge on any atom is -0.492 e. The zero-order chi connectivity index (χ0) is 13.1. The van der Waals surface area contributed by atoms with Crippen LogP contribution in [0.5, 0.6) is 5.75 Å². The second-order valence-corrected chi connectivity index (χ2v) is 6.02. The summed E-state index contributed by atoms with van der Waals surface area (Å²) in [5.74, 6) is 1.01. The first-order valence-electron chi connectivity index (χ1n) is 6.07. The number of benzene rings is 1. The lowest BCUT2D eigenvalue weighted by Gasteiger charge is -2.15. The van der Waals surface area contributed by atoms with Crippen molar-refractivity contribution >= 4 is 34.8 Å². The highest BCUT2D eigenvalue weighted by Gasteiger charge is 2.21. The fourth-order valence-electron chi connectivity index (χ4n) is 1.56. The smallest absolute Gasteiger partial charge is 0.139 e. The monoisotopic (exact) mass is 307 g/mol. The van der Waals surface area contributed by atoms with Crippen LogP contribution in [0.4, 0.5) is 0 Å². The Morgan fingerprint density at radius 1 is 1.22 bits per heavy atom. The average Bonchev–Trinajstić information content (AvgIpc) is 3.13. The molecule has 0 aliphatic heterocycles. The van der Waals surface area contributed by atoms with Gasteiger partial charge in [-0.1, -0.05) is 41.7 Å². The average molecular weight is 309 g/mol. The van der Waals surface area contributed by atoms with E-state index in [-0.39, 0.29) is 0 Å². The predicted molar refractivity (Wildman–Crippen MR) is 77.2 cm³/mol. The summed E-state index contributed by atoms with van der Waals surface area (Å²) < 4.78 is 5.67. The van der Waals surface area contributed by atoms with E-state index in [0.717, 1.165) is 12.6 Å². The molecular formula is C13H16Cl3NO. The molecule has 0 spiro atoms. The standard InChI is InChI=1S/C13H16Cl3NO/c1-8(6-17-9-2-3-9)7-18-13-5-11(15)10(14)4-12(13)16/h4-5,8-9,17H,2-3,6-7H2,1H3. The minimum absolute atomic E-state index is 0.427. The van der Waals surface area contributed by atoms with Crippen LogP contribution in [-0.2, 0) is 0 Å². The highest BCUT2D eigenvalue weighted by Crippen LogP contribution is 2.34. The van der Waals surface area contributed by atoms with Gasteiger partial charge in [-0.05, 0) is 18.9 Å². The molecule has 0 heterocycles. The van der Waals surface area contributed by atoms with E-state index in [0.29, 0.717) is 33.3 Å². The molecule has 2 rings (SSSR count). The second-order valence-electron chi connectivity index (χ2n) is 4.80. The van der Waals surface area contributed by atoms with E-state index in [2.05, 4.69) is 12.2 Å². The van der Waals surface area contributed by atoms with E-state index in [1.165, 1.54) is 12.8 Å². The SMILES string of the molecule is CC(CNC1CC1)COc1cc(Cl)c(Cl)cc1Cl. The Morgan fingerprint density at radius 2 is 1.89 bits per heavy atom. The Labute approximate surface area is 123 Å². The molecule has 2 nitrogen and oxygen atoms in total. The maximum atomic E-state index is 6.04. The van der Waals surface area contributed by atoms with E-state index >= 15 is 0 Å². The molecule has 1 aliphatic rings. The summed E-state index contributed by atoms with van der Waals surface area (Å²) in [5.41, 5.74) is 0. The highest BCUT2D eigenvalue weighted by atomic mass is 35.5. The van der Waals surface area contributed by atoms with Crippen molar-refractivity contribution < 1.29 is 4.74 Å². The molecular weight excluding hydrogens is 293 g/mol. The van der Waals surface area contributed by atoms with Crippen molar-refractivity contribution in [2.45, 2.75) is 25.8 Å². The highest BCUT2D eigenvalue weighted by molar-refractivity contribution is 6.43. The normalized spacial score (nSPS) is 16.7. The fraction of sp³-hybridized carbons (Fsp3) is 0.538. The third kappa shape index (κ3) is 4.20. The molecule has 0 radical (unpaired) electrons. The van der Waals surface area contributed by atoms with Crippen LogP contribution in [-0.4, -0.2) is 19.2 Å². The van der Waals surface area contributed by atoms with Crippen molar-refractivity contribution in [2.24, 2.45) is 5.92 Å². The lowest BCUT2D eigenvalue weighted by molar-refractivity contribution is 0.255. The molecule has 1 unspecified atom stereocenters. The van der Waals surface area contributed by atoms with E-state index in [9.17, 15) is 0 Å². The lowest BCUT2D eigenvalue weighted by Crippen LogP contribution is -2.26. The fourth-order valence-corrected chi connectivity index (χ4v) is 2.15. The third-order valence-electron chi connectivity index (χ3n) is 2.83. The van der Waals surface area contributed by atoms with Gasteiger partial charge in [-0.3, -0.25) is 0 Å². The van der Waals surface area contributed by atoms with Crippen molar-refractivity contribution in [3.05, 3.63) is 27.2 Å². The molecule has 1 saturated carbocycles. The van der Waals surface area contributed by atoms with Gasteiger partial charge in [-0.15, -0.1) is 0 Å². The van der Waals surface area contributed by atoms with E-state index in [1.807, 2.05) is 0 Å². The van der Waals surface area contributed by atoms with Crippen molar-refractivity contribution in [3.63, 3.8) is 0 Å². The maximum absolute atomic E-state index is 6.04. The second kappa shape index (κ2) is 6.33. The molecule has 0 aromatic heterocycles. The van der Waals surface area contributed by atoms with Crippen molar-refractivity contribution in [1.29, 1.82) is 0 Å². The van der Waals surface area contributed by atoms with Crippen molar-refractivity contribution in [1.82, 2.24) is 5.32 Å².